The van der Waals surface area contributed by atoms with Gasteiger partial charge in [0.25, 0.3) is 0 Å². The third-order valence-corrected chi connectivity index (χ3v) is 2.35. The fourth-order valence-corrected chi connectivity index (χ4v) is 1.59. The lowest BCUT2D eigenvalue weighted by Gasteiger charge is -1.94. The summed E-state index contributed by atoms with van der Waals surface area (Å²) in [5.74, 6) is 0.508. The highest BCUT2D eigenvalue weighted by Crippen LogP contribution is 2.19. The van der Waals surface area contributed by atoms with Crippen molar-refractivity contribution in [2.75, 3.05) is 5.73 Å². The Kier molecular flexibility index (Phi) is 2.01. The third-order valence-electron chi connectivity index (χ3n) is 2.35. The van der Waals surface area contributed by atoms with E-state index in [1.165, 1.54) is 12.3 Å². The highest BCUT2D eigenvalue weighted by Gasteiger charge is 2.07. The summed E-state index contributed by atoms with van der Waals surface area (Å²) >= 11 is 0. The average molecular weight is 229 g/mol. The molecule has 3 aromatic heterocycles. The van der Waals surface area contributed by atoms with Crippen molar-refractivity contribution in [2.24, 2.45) is 0 Å². The van der Waals surface area contributed by atoms with Crippen LogP contribution in [0.5, 0.6) is 0 Å². The summed E-state index contributed by atoms with van der Waals surface area (Å²) in [6.45, 7) is 0. The number of nitrogens with one attached hydrogen (secondary N) is 1. The molecule has 3 rings (SSSR count). The molecule has 17 heavy (non-hydrogen) atoms. The predicted octanol–water partition coefficient (Wildman–Crippen LogP) is 1.74. The van der Waals surface area contributed by atoms with E-state index in [1.54, 1.807) is 12.1 Å². The first-order chi connectivity index (χ1) is 8.22. The molecule has 0 aromatic carbocycles. The van der Waals surface area contributed by atoms with E-state index in [0.29, 0.717) is 22.9 Å². The molecule has 0 unspecified atom stereocenters. The van der Waals surface area contributed by atoms with Crippen molar-refractivity contribution in [1.29, 1.82) is 0 Å². The van der Waals surface area contributed by atoms with Gasteiger partial charge in [0.2, 0.25) is 0 Å². The lowest BCUT2D eigenvalue weighted by molar-refractivity contribution is 0.622. The van der Waals surface area contributed by atoms with Gasteiger partial charge in [0.05, 0.1) is 11.7 Å². The van der Waals surface area contributed by atoms with Crippen molar-refractivity contribution in [3.63, 3.8) is 0 Å². The van der Waals surface area contributed by atoms with Gasteiger partial charge in [-0.05, 0) is 18.2 Å². The van der Waals surface area contributed by atoms with E-state index in [9.17, 15) is 4.39 Å². The molecular weight excluding hydrogens is 221 g/mol. The Morgan fingerprint density at radius 1 is 1.18 bits per heavy atom. The maximum Gasteiger partial charge on any atom is 0.180 e. The van der Waals surface area contributed by atoms with Crippen LogP contribution in [0.15, 0.2) is 30.6 Å². The van der Waals surface area contributed by atoms with Crippen LogP contribution in [-0.2, 0) is 0 Å². The zero-order chi connectivity index (χ0) is 11.8. The number of hydrogen-bond donors (Lipinski definition) is 2. The van der Waals surface area contributed by atoms with Gasteiger partial charge in [-0.3, -0.25) is 4.98 Å². The normalized spacial score (nSPS) is 10.9. The number of aromatic nitrogens is 4. The van der Waals surface area contributed by atoms with Crippen molar-refractivity contribution in [3.05, 3.63) is 36.4 Å². The van der Waals surface area contributed by atoms with Crippen molar-refractivity contribution in [3.8, 4) is 11.4 Å². The van der Waals surface area contributed by atoms with Crippen LogP contribution in [0.2, 0.25) is 0 Å². The van der Waals surface area contributed by atoms with Crippen LogP contribution < -0.4 is 5.73 Å². The molecular formula is C11H8FN5. The minimum absolute atomic E-state index is 0.396. The zero-order valence-corrected chi connectivity index (χ0v) is 8.68. The summed E-state index contributed by atoms with van der Waals surface area (Å²) in [5, 5.41) is 0. The Morgan fingerprint density at radius 3 is 2.88 bits per heavy atom. The number of hydrogen-bond acceptors (Lipinski definition) is 4. The van der Waals surface area contributed by atoms with Gasteiger partial charge in [-0.15, -0.1) is 0 Å². The Balaban J connectivity index is 2.18. The molecule has 0 fully saturated rings. The molecule has 3 aromatic rings. The highest BCUT2D eigenvalue weighted by molar-refractivity contribution is 5.77. The number of imidazole rings is 1. The monoisotopic (exact) mass is 229 g/mol. The molecule has 84 valence electrons. The molecule has 0 spiro atoms. The quantitative estimate of drug-likeness (QED) is 0.666. The topological polar surface area (TPSA) is 80.5 Å². The van der Waals surface area contributed by atoms with Crippen molar-refractivity contribution in [2.45, 2.75) is 0 Å². The smallest absolute Gasteiger partial charge is 0.180 e. The standard InChI is InChI=1S/C11H8FN5/c12-7-3-6(4-14-5-7)10-15-8-1-2-9(13)16-11(8)17-10/h1-5H,(H3,13,15,16,17). The molecule has 5 nitrogen and oxygen atoms in total. The van der Waals surface area contributed by atoms with E-state index in [2.05, 4.69) is 19.9 Å². The Morgan fingerprint density at radius 2 is 2.06 bits per heavy atom. The third kappa shape index (κ3) is 1.69. The maximum atomic E-state index is 13.0. The van der Waals surface area contributed by atoms with Crippen LogP contribution in [-0.4, -0.2) is 19.9 Å². The largest absolute Gasteiger partial charge is 0.384 e. The molecule has 0 aliphatic carbocycles. The molecule has 0 radical (unpaired) electrons. The van der Waals surface area contributed by atoms with Gasteiger partial charge in [0.1, 0.15) is 17.5 Å². The summed E-state index contributed by atoms with van der Waals surface area (Å²) in [6.07, 6.45) is 2.67. The fourth-order valence-electron chi connectivity index (χ4n) is 1.59. The summed E-state index contributed by atoms with van der Waals surface area (Å²) in [4.78, 5) is 15.1. The van der Waals surface area contributed by atoms with Crippen LogP contribution in [0.1, 0.15) is 0 Å². The number of nitrogens with zero attached hydrogens (tertiary/aromatic N) is 3. The van der Waals surface area contributed by atoms with Crippen molar-refractivity contribution >= 4 is 17.0 Å². The van der Waals surface area contributed by atoms with Crippen LogP contribution in [0.3, 0.4) is 0 Å². The lowest BCUT2D eigenvalue weighted by Crippen LogP contribution is -1.88. The second kappa shape index (κ2) is 3.51. The second-order valence-corrected chi connectivity index (χ2v) is 3.58. The SMILES string of the molecule is Nc1ccc2[nH]c(-c3cncc(F)c3)nc2n1. The lowest BCUT2D eigenvalue weighted by atomic mass is 10.3. The van der Waals surface area contributed by atoms with Crippen LogP contribution in [0.25, 0.3) is 22.6 Å². The van der Waals surface area contributed by atoms with Crippen molar-refractivity contribution < 1.29 is 4.39 Å². The summed E-state index contributed by atoms with van der Waals surface area (Å²) in [5.41, 5.74) is 7.38. The Labute approximate surface area is 95.5 Å². The number of pyridine rings is 2. The van der Waals surface area contributed by atoms with E-state index in [-0.39, 0.29) is 0 Å². The Bertz CT molecular complexity index is 691. The molecule has 3 N–H and O–H groups in total. The van der Waals surface area contributed by atoms with E-state index in [1.807, 2.05) is 0 Å². The molecule has 0 atom stereocenters. The number of halogens is 1. The van der Waals surface area contributed by atoms with Crippen LogP contribution in [0, 0.1) is 5.82 Å². The number of H-pyrrole nitrogens is 1. The first-order valence-corrected chi connectivity index (χ1v) is 4.95. The van der Waals surface area contributed by atoms with Crippen molar-refractivity contribution in [1.82, 2.24) is 19.9 Å². The van der Waals surface area contributed by atoms with Crippen LogP contribution in [0.4, 0.5) is 10.2 Å². The average Bonchev–Trinajstić information content (AvgIpc) is 2.72. The summed E-state index contributed by atoms with van der Waals surface area (Å²) in [6, 6.07) is 4.81. The molecule has 6 heteroatoms. The number of rotatable bonds is 1. The van der Waals surface area contributed by atoms with Gasteiger partial charge in [0.15, 0.2) is 5.65 Å². The van der Waals surface area contributed by atoms with Gasteiger partial charge >= 0.3 is 0 Å². The van der Waals surface area contributed by atoms with E-state index >= 15 is 0 Å². The van der Waals surface area contributed by atoms with E-state index in [4.69, 9.17) is 5.73 Å². The summed E-state index contributed by atoms with van der Waals surface area (Å²) in [7, 11) is 0. The first-order valence-electron chi connectivity index (χ1n) is 4.95. The number of anilines is 1. The van der Waals surface area contributed by atoms with Gasteiger partial charge < -0.3 is 10.7 Å². The van der Waals surface area contributed by atoms with Gasteiger partial charge in [-0.1, -0.05) is 0 Å². The number of aromatic amines is 1. The van der Waals surface area contributed by atoms with E-state index in [0.717, 1.165) is 11.7 Å². The maximum absolute atomic E-state index is 13.0. The molecule has 0 amide bonds. The zero-order valence-electron chi connectivity index (χ0n) is 8.68. The van der Waals surface area contributed by atoms with Gasteiger partial charge in [-0.25, -0.2) is 14.4 Å². The van der Waals surface area contributed by atoms with Gasteiger partial charge in [0, 0.05) is 11.8 Å². The fraction of sp³-hybridized carbons (Fsp3) is 0. The molecule has 0 aliphatic heterocycles. The Hall–Kier alpha value is -2.50. The molecule has 0 bridgehead atoms. The minimum Gasteiger partial charge on any atom is -0.384 e. The summed E-state index contributed by atoms with van der Waals surface area (Å²) < 4.78 is 13.0. The predicted molar refractivity (Wildman–Crippen MR) is 61.5 cm³/mol. The first kappa shape index (κ1) is 9.71. The highest BCUT2D eigenvalue weighted by atomic mass is 19.1. The molecule has 3 heterocycles. The van der Waals surface area contributed by atoms with E-state index < -0.39 is 5.82 Å². The number of nitrogen functional groups attached to an aromatic ring is 1. The number of nitrogens with two attached hydrogens (primary N) is 1. The molecule has 0 saturated carbocycles. The molecule has 0 saturated heterocycles. The van der Waals surface area contributed by atoms with Gasteiger partial charge in [-0.2, -0.15) is 0 Å². The number of fused-ring (bicyclic) bond motifs is 1. The molecule has 0 aliphatic rings. The van der Waals surface area contributed by atoms with Crippen LogP contribution >= 0.6 is 0 Å². The second-order valence-electron chi connectivity index (χ2n) is 3.58. The minimum atomic E-state index is -0.407.